The Labute approximate surface area is 120 Å². The second kappa shape index (κ2) is 4.50. The number of nitrogens with one attached hydrogen (secondary N) is 1. The summed E-state index contributed by atoms with van der Waals surface area (Å²) in [5.41, 5.74) is 0.00149. The van der Waals surface area contributed by atoms with E-state index in [1.807, 2.05) is 0 Å². The van der Waals surface area contributed by atoms with Crippen LogP contribution in [-0.2, 0) is 6.18 Å². The van der Waals surface area contributed by atoms with Gasteiger partial charge < -0.3 is 15.1 Å². The highest BCUT2D eigenvalue weighted by molar-refractivity contribution is 5.75. The molecule has 1 saturated heterocycles. The molecular formula is C14H17F3N4. The lowest BCUT2D eigenvalue weighted by atomic mass is 9.91. The SMILES string of the molecule is FC(F)(F)c1cnc2c(c1)N(C1CCC1)C1CNCCN21. The third-order valence-electron chi connectivity index (χ3n) is 4.73. The fourth-order valence-corrected chi connectivity index (χ4v) is 3.46. The lowest BCUT2D eigenvalue weighted by molar-refractivity contribution is -0.137. The summed E-state index contributed by atoms with van der Waals surface area (Å²) < 4.78 is 38.9. The van der Waals surface area contributed by atoms with Crippen molar-refractivity contribution in [3.05, 3.63) is 17.8 Å². The van der Waals surface area contributed by atoms with Gasteiger partial charge in [0.25, 0.3) is 0 Å². The monoisotopic (exact) mass is 298 g/mol. The topological polar surface area (TPSA) is 31.4 Å². The van der Waals surface area contributed by atoms with E-state index in [0.717, 1.165) is 45.1 Å². The van der Waals surface area contributed by atoms with Crippen molar-refractivity contribution in [3.63, 3.8) is 0 Å². The van der Waals surface area contributed by atoms with Gasteiger partial charge in [-0.3, -0.25) is 0 Å². The fraction of sp³-hybridized carbons (Fsp3) is 0.643. The Morgan fingerprint density at radius 2 is 2.10 bits per heavy atom. The van der Waals surface area contributed by atoms with Gasteiger partial charge in [0, 0.05) is 31.9 Å². The Morgan fingerprint density at radius 1 is 1.29 bits per heavy atom. The molecule has 1 unspecified atom stereocenters. The number of piperazine rings is 1. The lowest BCUT2D eigenvalue weighted by Gasteiger charge is -2.43. The van der Waals surface area contributed by atoms with Crippen LogP contribution in [0.2, 0.25) is 0 Å². The number of rotatable bonds is 1. The summed E-state index contributed by atoms with van der Waals surface area (Å²) in [6, 6.07) is 1.63. The van der Waals surface area contributed by atoms with Crippen LogP contribution in [0, 0.1) is 0 Å². The molecule has 4 rings (SSSR count). The second-order valence-corrected chi connectivity index (χ2v) is 5.93. The maximum absolute atomic E-state index is 13.0. The minimum Gasteiger partial charge on any atom is -0.344 e. The van der Waals surface area contributed by atoms with Crippen LogP contribution < -0.4 is 15.1 Å². The van der Waals surface area contributed by atoms with Crippen LogP contribution in [0.1, 0.15) is 24.8 Å². The minimum absolute atomic E-state index is 0.107. The van der Waals surface area contributed by atoms with Gasteiger partial charge in [-0.25, -0.2) is 4.98 Å². The molecule has 0 radical (unpaired) electrons. The van der Waals surface area contributed by atoms with E-state index in [4.69, 9.17) is 0 Å². The number of anilines is 2. The van der Waals surface area contributed by atoms with E-state index in [-0.39, 0.29) is 6.17 Å². The van der Waals surface area contributed by atoms with Crippen LogP contribution in [0.4, 0.5) is 24.7 Å². The van der Waals surface area contributed by atoms with Crippen molar-refractivity contribution in [3.8, 4) is 0 Å². The highest BCUT2D eigenvalue weighted by Gasteiger charge is 2.44. The zero-order chi connectivity index (χ0) is 14.6. The van der Waals surface area contributed by atoms with Crippen LogP contribution in [0.5, 0.6) is 0 Å². The summed E-state index contributed by atoms with van der Waals surface area (Å²) in [5.74, 6) is 0.710. The largest absolute Gasteiger partial charge is 0.417 e. The number of hydrogen-bond acceptors (Lipinski definition) is 4. The molecule has 3 heterocycles. The van der Waals surface area contributed by atoms with Crippen LogP contribution in [0.3, 0.4) is 0 Å². The first-order valence-electron chi connectivity index (χ1n) is 7.38. The van der Waals surface area contributed by atoms with Gasteiger partial charge in [0.1, 0.15) is 6.17 Å². The first-order chi connectivity index (χ1) is 10.1. The second-order valence-electron chi connectivity index (χ2n) is 5.93. The van der Waals surface area contributed by atoms with Gasteiger partial charge >= 0.3 is 6.18 Å². The molecule has 1 N–H and O–H groups in total. The van der Waals surface area contributed by atoms with Gasteiger partial charge in [-0.2, -0.15) is 13.2 Å². The average Bonchev–Trinajstić information content (AvgIpc) is 2.71. The van der Waals surface area contributed by atoms with E-state index in [1.54, 1.807) is 0 Å². The Balaban J connectivity index is 1.78. The van der Waals surface area contributed by atoms with E-state index in [2.05, 4.69) is 20.1 Å². The molecule has 21 heavy (non-hydrogen) atoms. The molecule has 0 aromatic carbocycles. The predicted molar refractivity (Wildman–Crippen MR) is 73.4 cm³/mol. The van der Waals surface area contributed by atoms with Gasteiger partial charge in [0.05, 0.1) is 11.3 Å². The molecule has 2 aliphatic heterocycles. The normalized spacial score (nSPS) is 25.6. The van der Waals surface area contributed by atoms with Gasteiger partial charge in [-0.05, 0) is 25.3 Å². The zero-order valence-corrected chi connectivity index (χ0v) is 11.5. The third kappa shape index (κ3) is 1.97. The van der Waals surface area contributed by atoms with E-state index in [1.165, 1.54) is 6.07 Å². The Bertz CT molecular complexity index is 556. The first kappa shape index (κ1) is 13.2. The first-order valence-corrected chi connectivity index (χ1v) is 7.38. The Hall–Kier alpha value is -1.50. The van der Waals surface area contributed by atoms with Crippen molar-refractivity contribution in [1.29, 1.82) is 0 Å². The molecule has 0 spiro atoms. The number of fused-ring (bicyclic) bond motifs is 3. The molecular weight excluding hydrogens is 281 g/mol. The number of pyridine rings is 1. The molecule has 4 nitrogen and oxygen atoms in total. The summed E-state index contributed by atoms with van der Waals surface area (Å²) >= 11 is 0. The van der Waals surface area contributed by atoms with Crippen molar-refractivity contribution in [2.75, 3.05) is 29.4 Å². The van der Waals surface area contributed by atoms with Crippen molar-refractivity contribution in [2.24, 2.45) is 0 Å². The van der Waals surface area contributed by atoms with Crippen LogP contribution in [-0.4, -0.2) is 36.8 Å². The molecule has 1 saturated carbocycles. The number of halogens is 3. The highest BCUT2D eigenvalue weighted by Crippen LogP contribution is 2.45. The van der Waals surface area contributed by atoms with Gasteiger partial charge in [0.15, 0.2) is 5.82 Å². The van der Waals surface area contributed by atoms with Gasteiger partial charge in [-0.1, -0.05) is 0 Å². The predicted octanol–water partition coefficient (Wildman–Crippen LogP) is 2.21. The summed E-state index contributed by atoms with van der Waals surface area (Å²) in [6.07, 6.45) is -0.00465. The smallest absolute Gasteiger partial charge is 0.344 e. The fourth-order valence-electron chi connectivity index (χ4n) is 3.46. The number of hydrogen-bond donors (Lipinski definition) is 1. The Morgan fingerprint density at radius 3 is 2.76 bits per heavy atom. The molecule has 1 aromatic rings. The number of aromatic nitrogens is 1. The Kier molecular flexibility index (Phi) is 2.82. The van der Waals surface area contributed by atoms with E-state index < -0.39 is 11.7 Å². The molecule has 2 fully saturated rings. The molecule has 0 bridgehead atoms. The molecule has 1 aliphatic carbocycles. The highest BCUT2D eigenvalue weighted by atomic mass is 19.4. The van der Waals surface area contributed by atoms with Gasteiger partial charge in [0.2, 0.25) is 0 Å². The average molecular weight is 298 g/mol. The minimum atomic E-state index is -4.34. The maximum Gasteiger partial charge on any atom is 0.417 e. The van der Waals surface area contributed by atoms with Crippen molar-refractivity contribution < 1.29 is 13.2 Å². The molecule has 7 heteroatoms. The van der Waals surface area contributed by atoms with Crippen molar-refractivity contribution >= 4 is 11.5 Å². The van der Waals surface area contributed by atoms with Crippen LogP contribution in [0.25, 0.3) is 0 Å². The summed E-state index contributed by atoms with van der Waals surface area (Å²) in [4.78, 5) is 8.44. The summed E-state index contributed by atoms with van der Waals surface area (Å²) in [5, 5.41) is 3.34. The third-order valence-corrected chi connectivity index (χ3v) is 4.73. The quantitative estimate of drug-likeness (QED) is 0.861. The van der Waals surface area contributed by atoms with Crippen molar-refractivity contribution in [2.45, 2.75) is 37.6 Å². The summed E-state index contributed by atoms with van der Waals surface area (Å²) in [7, 11) is 0. The van der Waals surface area contributed by atoms with E-state index in [9.17, 15) is 13.2 Å². The molecule has 114 valence electrons. The lowest BCUT2D eigenvalue weighted by Crippen LogP contribution is -2.59. The summed E-state index contributed by atoms with van der Waals surface area (Å²) in [6.45, 7) is 2.41. The van der Waals surface area contributed by atoms with Crippen molar-refractivity contribution in [1.82, 2.24) is 10.3 Å². The standard InChI is InChI=1S/C14H17F3N4/c15-14(16,17)9-6-11-13(19-7-9)20-5-4-18-8-12(20)21(11)10-2-1-3-10/h6-7,10,12,18H,1-5,8H2. The molecule has 1 aromatic heterocycles. The zero-order valence-electron chi connectivity index (χ0n) is 11.5. The maximum atomic E-state index is 13.0. The van der Waals surface area contributed by atoms with E-state index >= 15 is 0 Å². The number of alkyl halides is 3. The molecule has 0 amide bonds. The van der Waals surface area contributed by atoms with Gasteiger partial charge in [-0.15, -0.1) is 0 Å². The van der Waals surface area contributed by atoms with Crippen LogP contribution in [0.15, 0.2) is 12.3 Å². The van der Waals surface area contributed by atoms with E-state index in [0.29, 0.717) is 17.5 Å². The number of nitrogens with zero attached hydrogens (tertiary/aromatic N) is 3. The van der Waals surface area contributed by atoms with Crippen LogP contribution >= 0.6 is 0 Å². The molecule has 3 aliphatic rings. The molecule has 1 atom stereocenters.